The lowest BCUT2D eigenvalue weighted by Crippen LogP contribution is -3.00. The molecule has 4 heteroatoms. The van der Waals surface area contributed by atoms with E-state index in [9.17, 15) is 4.79 Å². The monoisotopic (exact) mass is 276 g/mol. The maximum absolute atomic E-state index is 10.9. The Morgan fingerprint density at radius 3 is 2.33 bits per heavy atom. The zero-order valence-corrected chi connectivity index (χ0v) is 13.1. The van der Waals surface area contributed by atoms with E-state index >= 15 is 0 Å². The minimum atomic E-state index is -0.0679. The van der Waals surface area contributed by atoms with E-state index in [-0.39, 0.29) is 18.3 Å². The Labute approximate surface area is 119 Å². The van der Waals surface area contributed by atoms with E-state index in [1.54, 1.807) is 0 Å². The van der Waals surface area contributed by atoms with Gasteiger partial charge in [-0.1, -0.05) is 19.9 Å². The molecule has 0 saturated carbocycles. The van der Waals surface area contributed by atoms with E-state index in [1.165, 1.54) is 31.8 Å². The predicted molar refractivity (Wildman–Crippen MR) is 73.8 cm³/mol. The Morgan fingerprint density at radius 1 is 1.28 bits per heavy atom. The summed E-state index contributed by atoms with van der Waals surface area (Å²) in [6.45, 7) is 6.44. The van der Waals surface area contributed by atoms with Crippen LogP contribution in [0, 0.1) is 0 Å². The molecule has 0 rings (SSSR count). The summed E-state index contributed by atoms with van der Waals surface area (Å²) in [5.74, 6) is -0.0679. The van der Waals surface area contributed by atoms with Crippen molar-refractivity contribution in [3.63, 3.8) is 0 Å². The molecule has 0 radical (unpaired) electrons. The second-order valence-corrected chi connectivity index (χ2v) is 5.55. The largest absolute Gasteiger partial charge is 1.00 e. The standard InChI is InChI=1S/C14H28N2O.ClH/c1-6-10-13(16(3,4)5)11-8-9-12-15-14(17)7-2;/h7,13H,2,6,8-12H2,1,3-5H3;1H. The fourth-order valence-corrected chi connectivity index (χ4v) is 2.04. The van der Waals surface area contributed by atoms with Gasteiger partial charge in [0.2, 0.25) is 5.91 Å². The maximum atomic E-state index is 10.9. The van der Waals surface area contributed by atoms with E-state index in [4.69, 9.17) is 0 Å². The third-order valence-corrected chi connectivity index (χ3v) is 3.17. The van der Waals surface area contributed by atoms with E-state index in [1.807, 2.05) is 0 Å². The molecule has 0 bridgehead atoms. The summed E-state index contributed by atoms with van der Waals surface area (Å²) in [6.07, 6.45) is 7.32. The van der Waals surface area contributed by atoms with Gasteiger partial charge in [-0.25, -0.2) is 0 Å². The van der Waals surface area contributed by atoms with Crippen LogP contribution in [0.15, 0.2) is 12.7 Å². The van der Waals surface area contributed by atoms with Gasteiger partial charge < -0.3 is 22.2 Å². The van der Waals surface area contributed by atoms with E-state index in [0.717, 1.165) is 23.5 Å². The van der Waals surface area contributed by atoms with Crippen LogP contribution in [-0.2, 0) is 4.79 Å². The van der Waals surface area contributed by atoms with Gasteiger partial charge >= 0.3 is 0 Å². The summed E-state index contributed by atoms with van der Waals surface area (Å²) >= 11 is 0. The number of amides is 1. The fourth-order valence-electron chi connectivity index (χ4n) is 2.04. The van der Waals surface area contributed by atoms with Gasteiger partial charge in [-0.3, -0.25) is 4.79 Å². The molecule has 0 aromatic rings. The quantitative estimate of drug-likeness (QED) is 0.338. The first kappa shape index (κ1) is 19.8. The highest BCUT2D eigenvalue weighted by molar-refractivity contribution is 5.86. The lowest BCUT2D eigenvalue weighted by Gasteiger charge is -2.34. The van der Waals surface area contributed by atoms with Crippen LogP contribution in [0.3, 0.4) is 0 Å². The van der Waals surface area contributed by atoms with Crippen molar-refractivity contribution in [1.82, 2.24) is 5.32 Å². The highest BCUT2D eigenvalue weighted by atomic mass is 35.5. The molecule has 0 aromatic heterocycles. The van der Waals surface area contributed by atoms with Gasteiger partial charge in [-0.2, -0.15) is 0 Å². The van der Waals surface area contributed by atoms with Gasteiger partial charge in [0, 0.05) is 6.54 Å². The Kier molecular flexibility index (Phi) is 11.4. The topological polar surface area (TPSA) is 29.1 Å². The number of carbonyl (C=O) groups excluding carboxylic acids is 1. The Bertz CT molecular complexity index is 236. The van der Waals surface area contributed by atoms with Gasteiger partial charge in [-0.15, -0.1) is 0 Å². The highest BCUT2D eigenvalue weighted by Gasteiger charge is 2.21. The molecule has 1 N–H and O–H groups in total. The van der Waals surface area contributed by atoms with Crippen LogP contribution in [0.25, 0.3) is 0 Å². The minimum Gasteiger partial charge on any atom is -1.00 e. The maximum Gasteiger partial charge on any atom is 0.243 e. The predicted octanol–water partition coefficient (Wildman–Crippen LogP) is -0.662. The number of carbonyl (C=O) groups is 1. The number of quaternary nitrogens is 1. The molecule has 0 spiro atoms. The molecule has 108 valence electrons. The van der Waals surface area contributed by atoms with Gasteiger partial charge in [-0.05, 0) is 31.8 Å². The van der Waals surface area contributed by atoms with Crippen LogP contribution in [0.5, 0.6) is 0 Å². The molecule has 0 heterocycles. The molecule has 3 nitrogen and oxygen atoms in total. The van der Waals surface area contributed by atoms with Crippen LogP contribution in [0.2, 0.25) is 0 Å². The zero-order chi connectivity index (χ0) is 13.3. The smallest absolute Gasteiger partial charge is 0.243 e. The molecule has 18 heavy (non-hydrogen) atoms. The molecule has 0 aliphatic carbocycles. The van der Waals surface area contributed by atoms with Crippen molar-refractivity contribution in [3.05, 3.63) is 12.7 Å². The summed E-state index contributed by atoms with van der Waals surface area (Å²) in [4.78, 5) is 10.9. The fraction of sp³-hybridized carbons (Fsp3) is 0.786. The molecular weight excluding hydrogens is 248 g/mol. The molecular formula is C14H29ClN2O. The second kappa shape index (κ2) is 10.4. The molecule has 1 unspecified atom stereocenters. The second-order valence-electron chi connectivity index (χ2n) is 5.55. The minimum absolute atomic E-state index is 0. The zero-order valence-electron chi connectivity index (χ0n) is 12.3. The van der Waals surface area contributed by atoms with Crippen molar-refractivity contribution in [1.29, 1.82) is 0 Å². The van der Waals surface area contributed by atoms with E-state index < -0.39 is 0 Å². The van der Waals surface area contributed by atoms with Gasteiger partial charge in [0.1, 0.15) is 0 Å². The van der Waals surface area contributed by atoms with E-state index in [0.29, 0.717) is 0 Å². The molecule has 0 aromatic carbocycles. The van der Waals surface area contributed by atoms with Gasteiger partial charge in [0.15, 0.2) is 0 Å². The molecule has 0 fully saturated rings. The van der Waals surface area contributed by atoms with E-state index in [2.05, 4.69) is 40.0 Å². The Morgan fingerprint density at radius 2 is 1.89 bits per heavy atom. The van der Waals surface area contributed by atoms with Crippen LogP contribution in [-0.4, -0.2) is 44.1 Å². The van der Waals surface area contributed by atoms with Crippen LogP contribution < -0.4 is 17.7 Å². The summed E-state index contributed by atoms with van der Waals surface area (Å²) in [5, 5.41) is 2.81. The van der Waals surface area contributed by atoms with Crippen molar-refractivity contribution in [3.8, 4) is 0 Å². The summed E-state index contributed by atoms with van der Waals surface area (Å²) in [5.41, 5.74) is 0. The number of unbranched alkanes of at least 4 members (excludes halogenated alkanes) is 1. The molecule has 0 saturated heterocycles. The average molecular weight is 277 g/mol. The van der Waals surface area contributed by atoms with Crippen LogP contribution in [0.1, 0.15) is 39.0 Å². The molecule has 1 atom stereocenters. The van der Waals surface area contributed by atoms with Crippen LogP contribution >= 0.6 is 0 Å². The molecule has 0 aliphatic rings. The number of rotatable bonds is 9. The molecule has 1 amide bonds. The lowest BCUT2D eigenvalue weighted by molar-refractivity contribution is -0.896. The van der Waals surface area contributed by atoms with Crippen molar-refractivity contribution in [2.24, 2.45) is 0 Å². The Balaban J connectivity index is 0. The first-order valence-electron chi connectivity index (χ1n) is 6.63. The van der Waals surface area contributed by atoms with Crippen molar-refractivity contribution in [2.75, 3.05) is 27.7 Å². The van der Waals surface area contributed by atoms with Crippen molar-refractivity contribution >= 4 is 5.91 Å². The van der Waals surface area contributed by atoms with Crippen molar-refractivity contribution < 1.29 is 21.7 Å². The van der Waals surface area contributed by atoms with Gasteiger partial charge in [0.25, 0.3) is 0 Å². The lowest BCUT2D eigenvalue weighted by atomic mass is 10.0. The molecule has 0 aliphatic heterocycles. The summed E-state index contributed by atoms with van der Waals surface area (Å²) in [7, 11) is 6.79. The first-order valence-corrected chi connectivity index (χ1v) is 6.63. The normalized spacial score (nSPS) is 12.4. The highest BCUT2D eigenvalue weighted by Crippen LogP contribution is 2.16. The third kappa shape index (κ3) is 9.49. The number of nitrogens with zero attached hydrogens (tertiary/aromatic N) is 1. The Hall–Kier alpha value is -0.540. The number of hydrogen-bond acceptors (Lipinski definition) is 1. The first-order chi connectivity index (χ1) is 7.91. The number of hydrogen-bond donors (Lipinski definition) is 1. The summed E-state index contributed by atoms with van der Waals surface area (Å²) < 4.78 is 1.03. The van der Waals surface area contributed by atoms with Crippen molar-refractivity contribution in [2.45, 2.75) is 45.1 Å². The van der Waals surface area contributed by atoms with Gasteiger partial charge in [0.05, 0.1) is 27.2 Å². The third-order valence-electron chi connectivity index (χ3n) is 3.17. The van der Waals surface area contributed by atoms with Crippen LogP contribution in [0.4, 0.5) is 0 Å². The SMILES string of the molecule is C=CC(=O)NCCCCC(CCC)[N+](C)(C)C.[Cl-]. The number of nitrogens with one attached hydrogen (secondary N) is 1. The average Bonchev–Trinajstić information content (AvgIpc) is 2.25. The number of halogens is 1. The summed E-state index contributed by atoms with van der Waals surface area (Å²) in [6, 6.07) is 0.732.